The van der Waals surface area contributed by atoms with Gasteiger partial charge in [0.15, 0.2) is 0 Å². The summed E-state index contributed by atoms with van der Waals surface area (Å²) in [6.45, 7) is 7.24. The lowest BCUT2D eigenvalue weighted by atomic mass is 9.98. The molecule has 2 heterocycles. The van der Waals surface area contributed by atoms with Crippen LogP contribution in [-0.4, -0.2) is 72.8 Å². The molecule has 1 fully saturated rings. The molecule has 2 aliphatic heterocycles. The van der Waals surface area contributed by atoms with Crippen LogP contribution in [0.2, 0.25) is 0 Å². The normalized spacial score (nSPS) is 20.0. The number of carbonyl (C=O) groups is 1. The van der Waals surface area contributed by atoms with Crippen LogP contribution in [0.25, 0.3) is 0 Å². The lowest BCUT2D eigenvalue weighted by molar-refractivity contribution is -0.134. The summed E-state index contributed by atoms with van der Waals surface area (Å²) in [7, 11) is 1.63. The number of carbonyl (C=O) groups excluding carboxylic acids is 1. The van der Waals surface area contributed by atoms with Crippen LogP contribution in [0, 0.1) is 5.82 Å². The maximum Gasteiger partial charge on any atom is 0.257 e. The number of piperazine rings is 1. The zero-order valence-electron chi connectivity index (χ0n) is 18.1. The van der Waals surface area contributed by atoms with Crippen LogP contribution in [0.5, 0.6) is 5.75 Å². The second-order valence-corrected chi connectivity index (χ2v) is 8.00. The Morgan fingerprint density at radius 2 is 1.81 bits per heavy atom. The van der Waals surface area contributed by atoms with Crippen LogP contribution < -0.4 is 4.74 Å². The van der Waals surface area contributed by atoms with Gasteiger partial charge in [0, 0.05) is 38.2 Å². The SMILES string of the molecule is CCN1CCN(CC(=O)N2N=C(c3cccc(F)c3)C[C@H]2c2ccc(OC)cc2)CC1. The molecule has 1 atom stereocenters. The summed E-state index contributed by atoms with van der Waals surface area (Å²) in [4.78, 5) is 17.9. The van der Waals surface area contributed by atoms with E-state index in [2.05, 4.69) is 21.8 Å². The van der Waals surface area contributed by atoms with Crippen LogP contribution in [0.3, 0.4) is 0 Å². The third-order valence-corrected chi connectivity index (χ3v) is 6.10. The predicted octanol–water partition coefficient (Wildman–Crippen LogP) is 3.15. The summed E-state index contributed by atoms with van der Waals surface area (Å²) in [5.41, 5.74) is 2.43. The summed E-state index contributed by atoms with van der Waals surface area (Å²) in [5, 5.41) is 6.25. The van der Waals surface area contributed by atoms with Crippen molar-refractivity contribution in [1.29, 1.82) is 0 Å². The van der Waals surface area contributed by atoms with Gasteiger partial charge < -0.3 is 9.64 Å². The number of likely N-dealkylation sites (N-methyl/N-ethyl adjacent to an activating group) is 1. The molecule has 0 saturated carbocycles. The molecule has 4 rings (SSSR count). The minimum absolute atomic E-state index is 0.0304. The molecule has 1 saturated heterocycles. The molecule has 0 radical (unpaired) electrons. The number of hydrazone groups is 1. The number of rotatable bonds is 6. The van der Waals surface area contributed by atoms with Gasteiger partial charge in [0.2, 0.25) is 0 Å². The lowest BCUT2D eigenvalue weighted by Gasteiger charge is -2.34. The number of benzene rings is 2. The van der Waals surface area contributed by atoms with E-state index in [0.29, 0.717) is 18.5 Å². The van der Waals surface area contributed by atoms with Crippen molar-refractivity contribution < 1.29 is 13.9 Å². The molecule has 0 N–H and O–H groups in total. The number of hydrogen-bond donors (Lipinski definition) is 0. The minimum Gasteiger partial charge on any atom is -0.497 e. The highest BCUT2D eigenvalue weighted by molar-refractivity contribution is 6.03. The quantitative estimate of drug-likeness (QED) is 0.715. The van der Waals surface area contributed by atoms with Crippen molar-refractivity contribution in [2.75, 3.05) is 46.4 Å². The molecule has 0 aliphatic carbocycles. The Balaban J connectivity index is 1.55. The molecule has 1 amide bonds. The number of hydrogen-bond acceptors (Lipinski definition) is 5. The highest BCUT2D eigenvalue weighted by Gasteiger charge is 2.34. The first kappa shape index (κ1) is 21.5. The van der Waals surface area contributed by atoms with E-state index in [4.69, 9.17) is 4.74 Å². The van der Waals surface area contributed by atoms with Crippen LogP contribution in [0.1, 0.15) is 30.5 Å². The van der Waals surface area contributed by atoms with E-state index in [9.17, 15) is 9.18 Å². The highest BCUT2D eigenvalue weighted by atomic mass is 19.1. The highest BCUT2D eigenvalue weighted by Crippen LogP contribution is 2.34. The molecular formula is C24H29FN4O2. The molecule has 0 unspecified atom stereocenters. The van der Waals surface area contributed by atoms with Crippen molar-refractivity contribution in [3.8, 4) is 5.75 Å². The first-order valence-electron chi connectivity index (χ1n) is 10.8. The summed E-state index contributed by atoms with van der Waals surface area (Å²) in [6, 6.07) is 13.9. The molecule has 2 aliphatic rings. The molecule has 0 bridgehead atoms. The molecule has 2 aromatic rings. The van der Waals surface area contributed by atoms with Crippen LogP contribution in [0.4, 0.5) is 4.39 Å². The zero-order chi connectivity index (χ0) is 21.8. The monoisotopic (exact) mass is 424 g/mol. The fourth-order valence-electron chi connectivity index (χ4n) is 4.20. The van der Waals surface area contributed by atoms with Crippen molar-refractivity contribution >= 4 is 11.6 Å². The number of ether oxygens (including phenoxy) is 1. The number of amides is 1. The second kappa shape index (κ2) is 9.58. The van der Waals surface area contributed by atoms with Gasteiger partial charge in [-0.05, 0) is 36.4 Å². The van der Waals surface area contributed by atoms with Crippen molar-refractivity contribution in [3.05, 3.63) is 65.5 Å². The van der Waals surface area contributed by atoms with E-state index < -0.39 is 0 Å². The number of halogens is 1. The molecule has 7 heteroatoms. The average Bonchev–Trinajstić information content (AvgIpc) is 3.25. The van der Waals surface area contributed by atoms with Crippen LogP contribution >= 0.6 is 0 Å². The van der Waals surface area contributed by atoms with E-state index >= 15 is 0 Å². The Bertz CT molecular complexity index is 939. The van der Waals surface area contributed by atoms with Gasteiger partial charge >= 0.3 is 0 Å². The molecule has 2 aromatic carbocycles. The standard InChI is InChI=1S/C24H29FN4O2/c1-3-27-11-13-28(14-12-27)17-24(30)29-23(18-7-9-21(31-2)10-8-18)16-22(26-29)19-5-4-6-20(25)15-19/h4-10,15,23H,3,11-14,16-17H2,1-2H3/t23-/m0/s1. The van der Waals surface area contributed by atoms with Crippen LogP contribution in [-0.2, 0) is 4.79 Å². The molecular weight excluding hydrogens is 395 g/mol. The average molecular weight is 425 g/mol. The Hall–Kier alpha value is -2.77. The predicted molar refractivity (Wildman–Crippen MR) is 119 cm³/mol. The van der Waals surface area contributed by atoms with E-state index in [1.165, 1.54) is 12.1 Å². The summed E-state index contributed by atoms with van der Waals surface area (Å²) >= 11 is 0. The maximum atomic E-state index is 13.8. The third kappa shape index (κ3) is 4.94. The van der Waals surface area contributed by atoms with Gasteiger partial charge in [-0.1, -0.05) is 31.2 Å². The molecule has 164 valence electrons. The molecule has 0 spiro atoms. The maximum absolute atomic E-state index is 13.8. The number of methoxy groups -OCH3 is 1. The van der Waals surface area contributed by atoms with E-state index in [1.54, 1.807) is 18.2 Å². The van der Waals surface area contributed by atoms with Crippen molar-refractivity contribution in [2.24, 2.45) is 5.10 Å². The minimum atomic E-state index is -0.306. The van der Waals surface area contributed by atoms with Gasteiger partial charge in [0.1, 0.15) is 11.6 Å². The Labute approximate surface area is 182 Å². The van der Waals surface area contributed by atoms with E-state index in [0.717, 1.165) is 49.7 Å². The first-order chi connectivity index (χ1) is 15.1. The largest absolute Gasteiger partial charge is 0.497 e. The van der Waals surface area contributed by atoms with Crippen LogP contribution in [0.15, 0.2) is 53.6 Å². The molecule has 0 aromatic heterocycles. The first-order valence-corrected chi connectivity index (χ1v) is 10.8. The second-order valence-electron chi connectivity index (χ2n) is 8.00. The molecule has 31 heavy (non-hydrogen) atoms. The smallest absolute Gasteiger partial charge is 0.257 e. The summed E-state index contributed by atoms with van der Waals surface area (Å²) < 4.78 is 19.1. The van der Waals surface area contributed by atoms with Gasteiger partial charge in [-0.25, -0.2) is 9.40 Å². The van der Waals surface area contributed by atoms with Crippen molar-refractivity contribution in [2.45, 2.75) is 19.4 Å². The van der Waals surface area contributed by atoms with E-state index in [1.807, 2.05) is 30.3 Å². The van der Waals surface area contributed by atoms with Crippen molar-refractivity contribution in [3.63, 3.8) is 0 Å². The van der Waals surface area contributed by atoms with Gasteiger partial charge in [-0.3, -0.25) is 9.69 Å². The molecule has 6 nitrogen and oxygen atoms in total. The zero-order valence-corrected chi connectivity index (χ0v) is 18.1. The number of nitrogens with zero attached hydrogens (tertiary/aromatic N) is 4. The lowest BCUT2D eigenvalue weighted by Crippen LogP contribution is -2.49. The van der Waals surface area contributed by atoms with E-state index in [-0.39, 0.29) is 17.8 Å². The summed E-state index contributed by atoms with van der Waals surface area (Å²) in [6.07, 6.45) is 0.547. The van der Waals surface area contributed by atoms with Gasteiger partial charge in [0.05, 0.1) is 25.4 Å². The van der Waals surface area contributed by atoms with Crippen molar-refractivity contribution in [1.82, 2.24) is 14.8 Å². The topological polar surface area (TPSA) is 48.4 Å². The Morgan fingerprint density at radius 1 is 1.10 bits per heavy atom. The Morgan fingerprint density at radius 3 is 2.45 bits per heavy atom. The summed E-state index contributed by atoms with van der Waals surface area (Å²) in [5.74, 6) is 0.427. The van der Waals surface area contributed by atoms with Gasteiger partial charge in [-0.2, -0.15) is 5.10 Å². The van der Waals surface area contributed by atoms with Gasteiger partial charge in [0.25, 0.3) is 5.91 Å². The Kier molecular flexibility index (Phi) is 6.63. The third-order valence-electron chi connectivity index (χ3n) is 6.10. The fraction of sp³-hybridized carbons (Fsp3) is 0.417. The van der Waals surface area contributed by atoms with Gasteiger partial charge in [-0.15, -0.1) is 0 Å². The fourth-order valence-corrected chi connectivity index (χ4v) is 4.20.